The second kappa shape index (κ2) is 9.93. The Kier molecular flexibility index (Phi) is 6.76. The third-order valence-corrected chi connectivity index (χ3v) is 6.80. The smallest absolute Gasteiger partial charge is 0.332 e. The minimum Gasteiger partial charge on any atom is -0.497 e. The number of nitriles is 1. The van der Waals surface area contributed by atoms with Gasteiger partial charge in [-0.05, 0) is 42.3 Å². The molecule has 0 fully saturated rings. The van der Waals surface area contributed by atoms with Crippen LogP contribution in [0.5, 0.6) is 5.75 Å². The van der Waals surface area contributed by atoms with Gasteiger partial charge in [0.1, 0.15) is 20.8 Å². The number of esters is 1. The van der Waals surface area contributed by atoms with E-state index in [9.17, 15) is 19.6 Å². The van der Waals surface area contributed by atoms with E-state index in [-0.39, 0.29) is 26.2 Å². The molecule has 10 heteroatoms. The molecule has 0 spiro atoms. The summed E-state index contributed by atoms with van der Waals surface area (Å²) in [5.74, 6) is -1.62. The van der Waals surface area contributed by atoms with Crippen LogP contribution in [0.15, 0.2) is 58.9 Å². The number of amides is 1. The summed E-state index contributed by atoms with van der Waals surface area (Å²) in [5.41, 5.74) is 7.98. The van der Waals surface area contributed by atoms with Crippen LogP contribution in [-0.4, -0.2) is 30.7 Å². The normalized spacial score (nSPS) is 15.2. The zero-order valence-electron chi connectivity index (χ0n) is 19.7. The Hall–Kier alpha value is -4.62. The number of hydrogen-bond acceptors (Lipinski definition) is 8. The first-order valence-electron chi connectivity index (χ1n) is 10.8. The predicted octanol–water partition coefficient (Wildman–Crippen LogP) is 1.42. The molecule has 9 nitrogen and oxygen atoms in total. The van der Waals surface area contributed by atoms with Gasteiger partial charge >= 0.3 is 5.97 Å². The van der Waals surface area contributed by atoms with Crippen LogP contribution in [0.3, 0.4) is 0 Å². The molecule has 182 valence electrons. The zero-order valence-corrected chi connectivity index (χ0v) is 20.5. The first kappa shape index (κ1) is 24.5. The van der Waals surface area contributed by atoms with E-state index >= 15 is 0 Å². The summed E-state index contributed by atoms with van der Waals surface area (Å²) in [4.78, 5) is 38.8. The van der Waals surface area contributed by atoms with Gasteiger partial charge in [-0.2, -0.15) is 5.26 Å². The number of methoxy groups -OCH3 is 2. The molecule has 4 rings (SSSR count). The maximum Gasteiger partial charge on any atom is 0.332 e. The molecule has 1 amide bonds. The van der Waals surface area contributed by atoms with Crippen molar-refractivity contribution in [2.75, 3.05) is 19.5 Å². The van der Waals surface area contributed by atoms with Gasteiger partial charge in [-0.3, -0.25) is 14.2 Å². The van der Waals surface area contributed by atoms with Crippen molar-refractivity contribution in [2.24, 2.45) is 5.73 Å². The number of aryl methyl sites for hydroxylation is 1. The molecule has 0 saturated heterocycles. The molecule has 0 unspecified atom stereocenters. The van der Waals surface area contributed by atoms with Gasteiger partial charge in [0, 0.05) is 11.8 Å². The van der Waals surface area contributed by atoms with Gasteiger partial charge < -0.3 is 20.5 Å². The number of allylic oxidation sites excluding steroid dienone is 1. The van der Waals surface area contributed by atoms with E-state index in [1.807, 2.05) is 13.0 Å². The zero-order chi connectivity index (χ0) is 26.0. The number of benzene rings is 2. The molecule has 0 bridgehead atoms. The van der Waals surface area contributed by atoms with E-state index in [2.05, 4.69) is 16.1 Å². The van der Waals surface area contributed by atoms with E-state index in [1.54, 1.807) is 42.5 Å². The number of ether oxygens (including phenoxy) is 2. The Morgan fingerprint density at radius 3 is 2.53 bits per heavy atom. The maximum absolute atomic E-state index is 13.8. The summed E-state index contributed by atoms with van der Waals surface area (Å²) in [6.45, 7) is 1.90. The van der Waals surface area contributed by atoms with Crippen molar-refractivity contribution < 1.29 is 19.1 Å². The molecule has 3 aromatic rings. The minimum atomic E-state index is -0.866. The molecule has 36 heavy (non-hydrogen) atoms. The van der Waals surface area contributed by atoms with Gasteiger partial charge in [0.05, 0.1) is 37.4 Å². The molecule has 0 radical (unpaired) electrons. The van der Waals surface area contributed by atoms with Crippen LogP contribution in [0.2, 0.25) is 0 Å². The van der Waals surface area contributed by atoms with Gasteiger partial charge in [-0.15, -0.1) is 11.3 Å². The van der Waals surface area contributed by atoms with Gasteiger partial charge in [-0.1, -0.05) is 24.3 Å². The summed E-state index contributed by atoms with van der Waals surface area (Å²) in [6.07, 6.45) is 1.04. The molecule has 0 aliphatic carbocycles. The van der Waals surface area contributed by atoms with E-state index in [4.69, 9.17) is 10.5 Å². The fourth-order valence-electron chi connectivity index (χ4n) is 3.98. The van der Waals surface area contributed by atoms with Gasteiger partial charge in [0.2, 0.25) is 0 Å². The van der Waals surface area contributed by atoms with Crippen LogP contribution >= 0.6 is 11.3 Å². The van der Waals surface area contributed by atoms with Gasteiger partial charge in [0.15, 0.2) is 0 Å². The lowest BCUT2D eigenvalue weighted by Crippen LogP contribution is -2.40. The third kappa shape index (κ3) is 4.39. The van der Waals surface area contributed by atoms with E-state index in [1.165, 1.54) is 14.2 Å². The highest BCUT2D eigenvalue weighted by Gasteiger charge is 2.35. The van der Waals surface area contributed by atoms with Crippen molar-refractivity contribution in [3.8, 4) is 11.8 Å². The molecule has 1 aliphatic heterocycles. The molecular formula is C26H22N4O5S. The Labute approximate surface area is 210 Å². The minimum absolute atomic E-state index is 0.0216. The van der Waals surface area contributed by atoms with Gasteiger partial charge in [-0.25, -0.2) is 4.79 Å². The number of hydrogen-bond donors (Lipinski definition) is 2. The molecule has 0 saturated carbocycles. The maximum atomic E-state index is 13.8. The van der Waals surface area contributed by atoms with Crippen molar-refractivity contribution in [1.82, 2.24) is 4.57 Å². The monoisotopic (exact) mass is 502 g/mol. The second-order valence-electron chi connectivity index (χ2n) is 7.93. The van der Waals surface area contributed by atoms with Crippen molar-refractivity contribution in [3.63, 3.8) is 0 Å². The largest absolute Gasteiger partial charge is 0.497 e. The number of nitrogens with one attached hydrogen (secondary N) is 1. The fraction of sp³-hybridized carbons (Fsp3) is 0.154. The van der Waals surface area contributed by atoms with Crippen LogP contribution in [0.25, 0.3) is 17.5 Å². The summed E-state index contributed by atoms with van der Waals surface area (Å²) < 4.78 is 11.2. The van der Waals surface area contributed by atoms with Crippen molar-refractivity contribution in [1.29, 1.82) is 5.26 Å². The molecule has 2 heterocycles. The Balaban J connectivity index is 2.04. The highest BCUT2D eigenvalue weighted by Crippen LogP contribution is 2.37. The number of anilines is 1. The quantitative estimate of drug-likeness (QED) is 0.504. The first-order chi connectivity index (χ1) is 17.3. The molecular weight excluding hydrogens is 480 g/mol. The summed E-state index contributed by atoms with van der Waals surface area (Å²) in [5, 5.41) is 12.9. The number of nitrogens with zero attached hydrogens (tertiary/aromatic N) is 2. The highest BCUT2D eigenvalue weighted by atomic mass is 32.1. The number of rotatable bonds is 5. The lowest BCUT2D eigenvalue weighted by atomic mass is 9.83. The number of thiazole rings is 1. The standard InChI is InChI=1S/C26H22N4O5S/c1-14-5-4-6-16(11-14)29-24(32)22-21(15-7-9-17(34-2)10-8-15)18(13-27)23(28)30-25(33)19(36-26(22)30)12-20(31)35-3/h4-12,21H,28H2,1-3H3,(H,29,32)/b19-12-/t21-/m1/s1. The molecule has 1 aliphatic rings. The number of nitrogens with two attached hydrogens (primary N) is 1. The Bertz CT molecular complexity index is 1620. The number of aromatic nitrogens is 1. The van der Waals surface area contributed by atoms with Crippen molar-refractivity contribution in [2.45, 2.75) is 12.8 Å². The first-order valence-corrected chi connectivity index (χ1v) is 11.6. The van der Waals surface area contributed by atoms with E-state index < -0.39 is 23.4 Å². The third-order valence-electron chi connectivity index (χ3n) is 5.69. The average Bonchev–Trinajstić information content (AvgIpc) is 3.19. The predicted molar refractivity (Wildman–Crippen MR) is 136 cm³/mol. The Morgan fingerprint density at radius 2 is 1.92 bits per heavy atom. The van der Waals surface area contributed by atoms with E-state index in [0.29, 0.717) is 17.0 Å². The van der Waals surface area contributed by atoms with Crippen molar-refractivity contribution >= 4 is 46.4 Å². The van der Waals surface area contributed by atoms with Crippen LogP contribution in [0.4, 0.5) is 5.69 Å². The summed E-state index contributed by atoms with van der Waals surface area (Å²) in [7, 11) is 2.73. The summed E-state index contributed by atoms with van der Waals surface area (Å²) in [6, 6.07) is 16.2. The fourth-order valence-corrected chi connectivity index (χ4v) is 5.12. The molecule has 1 aromatic heterocycles. The average molecular weight is 503 g/mol. The lowest BCUT2D eigenvalue weighted by Gasteiger charge is -2.25. The topological polar surface area (TPSA) is 136 Å². The molecule has 1 atom stereocenters. The highest BCUT2D eigenvalue weighted by molar-refractivity contribution is 7.07. The lowest BCUT2D eigenvalue weighted by molar-refractivity contribution is -0.133. The molecule has 2 aromatic carbocycles. The van der Waals surface area contributed by atoms with Crippen LogP contribution in [0.1, 0.15) is 17.0 Å². The SMILES string of the molecule is COC(=O)/C=c1\sc2n(c1=O)C(N)=C(C#N)[C@@H](c1ccc(OC)cc1)C=2C(=O)Nc1cccc(C)c1. The van der Waals surface area contributed by atoms with Crippen LogP contribution < -0.4 is 30.5 Å². The van der Waals surface area contributed by atoms with Gasteiger partial charge in [0.25, 0.3) is 11.5 Å². The van der Waals surface area contributed by atoms with Crippen LogP contribution in [-0.2, 0) is 14.3 Å². The van der Waals surface area contributed by atoms with Crippen molar-refractivity contribution in [3.05, 3.63) is 84.8 Å². The summed E-state index contributed by atoms with van der Waals surface area (Å²) >= 11 is 0.926. The van der Waals surface area contributed by atoms with Crippen LogP contribution in [0, 0.1) is 18.3 Å². The second-order valence-corrected chi connectivity index (χ2v) is 8.96. The molecule has 3 N–H and O–H groups in total. The number of carbonyl (C=O) groups is 2. The number of fused-ring (bicyclic) bond motifs is 1. The van der Waals surface area contributed by atoms with E-state index in [0.717, 1.165) is 27.5 Å². The number of carbonyl (C=O) groups excluding carboxylic acids is 2. The Morgan fingerprint density at radius 1 is 1.19 bits per heavy atom.